The lowest BCUT2D eigenvalue weighted by Gasteiger charge is -2.24. The maximum Gasteiger partial charge on any atom is 0.387 e. The molecule has 0 saturated carbocycles. The highest BCUT2D eigenvalue weighted by molar-refractivity contribution is 7.21. The summed E-state index contributed by atoms with van der Waals surface area (Å²) in [5.74, 6) is -0.224. The first-order valence-corrected chi connectivity index (χ1v) is 13.8. The second-order valence-corrected chi connectivity index (χ2v) is 10.3. The monoisotopic (exact) mass is 544 g/mol. The SMILES string of the molecule is CCN(CC)CCCCN(Cc1ccc2ccccc2c1)C(=O)c1sc2cccc(OC(F)F)c2c1Cl. The van der Waals surface area contributed by atoms with Crippen molar-refractivity contribution in [3.05, 3.63) is 76.1 Å². The summed E-state index contributed by atoms with van der Waals surface area (Å²) in [7, 11) is 0. The Morgan fingerprint density at radius 2 is 1.70 bits per heavy atom. The first-order chi connectivity index (χ1) is 17.9. The third-order valence-electron chi connectivity index (χ3n) is 6.55. The highest BCUT2D eigenvalue weighted by Crippen LogP contribution is 2.42. The van der Waals surface area contributed by atoms with E-state index >= 15 is 0 Å². The van der Waals surface area contributed by atoms with Gasteiger partial charge < -0.3 is 14.5 Å². The van der Waals surface area contributed by atoms with E-state index in [1.54, 1.807) is 12.1 Å². The molecule has 4 nitrogen and oxygen atoms in total. The van der Waals surface area contributed by atoms with Crippen molar-refractivity contribution in [1.29, 1.82) is 0 Å². The predicted octanol–water partition coefficient (Wildman–Crippen LogP) is 8.07. The zero-order valence-electron chi connectivity index (χ0n) is 21.1. The van der Waals surface area contributed by atoms with Crippen molar-refractivity contribution >= 4 is 49.7 Å². The van der Waals surface area contributed by atoms with Crippen molar-refractivity contribution in [2.45, 2.75) is 39.8 Å². The third kappa shape index (κ3) is 6.58. The summed E-state index contributed by atoms with van der Waals surface area (Å²) in [6, 6.07) is 19.2. The largest absolute Gasteiger partial charge is 0.434 e. The molecule has 1 heterocycles. The fraction of sp³-hybridized carbons (Fsp3) is 0.345. The quantitative estimate of drug-likeness (QED) is 0.169. The molecule has 0 spiro atoms. The number of nitrogens with zero attached hydrogens (tertiary/aromatic N) is 2. The van der Waals surface area contributed by atoms with Crippen LogP contribution in [0.25, 0.3) is 20.9 Å². The van der Waals surface area contributed by atoms with E-state index in [9.17, 15) is 13.6 Å². The Bertz CT molecular complexity index is 1360. The first kappa shape index (κ1) is 27.3. The molecule has 0 N–H and O–H groups in total. The Morgan fingerprint density at radius 1 is 0.973 bits per heavy atom. The Morgan fingerprint density at radius 3 is 2.43 bits per heavy atom. The van der Waals surface area contributed by atoms with Crippen LogP contribution in [0.15, 0.2) is 60.7 Å². The molecular formula is C29H31ClF2N2O2S. The van der Waals surface area contributed by atoms with Crippen molar-refractivity contribution in [2.24, 2.45) is 0 Å². The number of hydrogen-bond donors (Lipinski definition) is 0. The number of carbonyl (C=O) groups excluding carboxylic acids is 1. The molecule has 0 fully saturated rings. The molecule has 3 aromatic carbocycles. The number of benzene rings is 3. The number of ether oxygens (including phenoxy) is 1. The molecule has 0 bridgehead atoms. The van der Waals surface area contributed by atoms with Gasteiger partial charge in [0.05, 0.1) is 10.4 Å². The van der Waals surface area contributed by atoms with E-state index in [1.165, 1.54) is 17.4 Å². The standard InChI is InChI=1S/C29H31ClF2N2O2S/c1-3-33(4-2)16-7-8-17-34(19-20-14-15-21-10-5-6-11-22(21)18-20)28(35)27-26(30)25-23(36-29(31)32)12-9-13-24(25)37-27/h5-6,9-15,18,29H,3-4,7-8,16-17,19H2,1-2H3. The van der Waals surface area contributed by atoms with E-state index in [-0.39, 0.29) is 16.7 Å². The summed E-state index contributed by atoms with van der Waals surface area (Å²) < 4.78 is 31.3. The zero-order valence-corrected chi connectivity index (χ0v) is 22.6. The molecule has 4 rings (SSSR count). The van der Waals surface area contributed by atoms with Gasteiger partial charge in [0.25, 0.3) is 5.91 Å². The molecule has 37 heavy (non-hydrogen) atoms. The van der Waals surface area contributed by atoms with Crippen molar-refractivity contribution in [3.63, 3.8) is 0 Å². The molecule has 8 heteroatoms. The molecule has 0 unspecified atom stereocenters. The second kappa shape index (κ2) is 12.7. The number of rotatable bonds is 12. The van der Waals surface area contributed by atoms with E-state index in [4.69, 9.17) is 11.6 Å². The molecule has 196 valence electrons. The topological polar surface area (TPSA) is 32.8 Å². The number of alkyl halides is 2. The van der Waals surface area contributed by atoms with Gasteiger partial charge in [0, 0.05) is 17.8 Å². The Balaban J connectivity index is 1.61. The van der Waals surface area contributed by atoms with E-state index in [2.05, 4.69) is 47.7 Å². The number of unbranched alkanes of at least 4 members (excludes halogenated alkanes) is 1. The van der Waals surface area contributed by atoms with E-state index < -0.39 is 6.61 Å². The molecule has 4 aromatic rings. The van der Waals surface area contributed by atoms with Gasteiger partial charge in [-0.1, -0.05) is 67.9 Å². The Kier molecular flexibility index (Phi) is 9.35. The fourth-order valence-electron chi connectivity index (χ4n) is 4.54. The molecule has 0 aliphatic heterocycles. The molecule has 1 aromatic heterocycles. The fourth-order valence-corrected chi connectivity index (χ4v) is 6.07. The molecule has 0 aliphatic carbocycles. The number of halogens is 3. The van der Waals surface area contributed by atoms with Gasteiger partial charge in [-0.3, -0.25) is 4.79 Å². The lowest BCUT2D eigenvalue weighted by molar-refractivity contribution is -0.0487. The summed E-state index contributed by atoms with van der Waals surface area (Å²) in [6.45, 7) is 5.29. The van der Waals surface area contributed by atoms with Crippen molar-refractivity contribution in [2.75, 3.05) is 26.2 Å². The van der Waals surface area contributed by atoms with Crippen LogP contribution in [-0.2, 0) is 6.54 Å². The summed E-state index contributed by atoms with van der Waals surface area (Å²) >= 11 is 7.85. The minimum absolute atomic E-state index is 0.0203. The number of amides is 1. The van der Waals surface area contributed by atoms with Gasteiger partial charge in [-0.15, -0.1) is 11.3 Å². The highest BCUT2D eigenvalue weighted by atomic mass is 35.5. The molecule has 0 radical (unpaired) electrons. The van der Waals surface area contributed by atoms with Gasteiger partial charge in [-0.2, -0.15) is 8.78 Å². The van der Waals surface area contributed by atoms with Crippen LogP contribution in [0.3, 0.4) is 0 Å². The van der Waals surface area contributed by atoms with Crippen LogP contribution in [0.1, 0.15) is 41.9 Å². The maximum atomic E-state index is 13.8. The summed E-state index contributed by atoms with van der Waals surface area (Å²) in [5, 5.41) is 2.77. The Hall–Kier alpha value is -2.74. The van der Waals surface area contributed by atoms with Gasteiger partial charge in [0.15, 0.2) is 0 Å². The van der Waals surface area contributed by atoms with Crippen LogP contribution in [0.4, 0.5) is 8.78 Å². The highest BCUT2D eigenvalue weighted by Gasteiger charge is 2.25. The molecule has 0 atom stereocenters. The smallest absolute Gasteiger partial charge is 0.387 e. The Labute approximate surface area is 225 Å². The van der Waals surface area contributed by atoms with Gasteiger partial charge in [-0.05, 0) is 67.0 Å². The lowest BCUT2D eigenvalue weighted by atomic mass is 10.1. The minimum atomic E-state index is -2.98. The molecule has 0 saturated heterocycles. The average Bonchev–Trinajstić information content (AvgIpc) is 3.24. The van der Waals surface area contributed by atoms with Gasteiger partial charge in [0.1, 0.15) is 10.6 Å². The summed E-state index contributed by atoms with van der Waals surface area (Å²) in [6.07, 6.45) is 1.81. The van der Waals surface area contributed by atoms with Crippen LogP contribution in [0.5, 0.6) is 5.75 Å². The number of carbonyl (C=O) groups is 1. The summed E-state index contributed by atoms with van der Waals surface area (Å²) in [4.78, 5) is 18.3. The number of thiophene rings is 1. The van der Waals surface area contributed by atoms with Gasteiger partial charge >= 0.3 is 6.61 Å². The van der Waals surface area contributed by atoms with Crippen molar-refractivity contribution in [1.82, 2.24) is 9.80 Å². The van der Waals surface area contributed by atoms with E-state index in [1.807, 2.05) is 23.1 Å². The third-order valence-corrected chi connectivity index (χ3v) is 8.18. The first-order valence-electron chi connectivity index (χ1n) is 12.6. The molecule has 1 amide bonds. The van der Waals surface area contributed by atoms with Crippen LogP contribution >= 0.6 is 22.9 Å². The number of hydrogen-bond acceptors (Lipinski definition) is 4. The summed E-state index contributed by atoms with van der Waals surface area (Å²) in [5.41, 5.74) is 1.02. The zero-order chi connectivity index (χ0) is 26.4. The van der Waals surface area contributed by atoms with Crippen LogP contribution in [-0.4, -0.2) is 48.5 Å². The molecular weight excluding hydrogens is 514 g/mol. The minimum Gasteiger partial charge on any atom is -0.434 e. The molecule has 0 aliphatic rings. The van der Waals surface area contributed by atoms with Gasteiger partial charge in [0.2, 0.25) is 0 Å². The van der Waals surface area contributed by atoms with Crippen molar-refractivity contribution < 1.29 is 18.3 Å². The van der Waals surface area contributed by atoms with Crippen LogP contribution in [0, 0.1) is 0 Å². The van der Waals surface area contributed by atoms with Crippen LogP contribution in [0.2, 0.25) is 5.02 Å². The normalized spacial score (nSPS) is 11.6. The average molecular weight is 545 g/mol. The number of fused-ring (bicyclic) bond motifs is 2. The lowest BCUT2D eigenvalue weighted by Crippen LogP contribution is -2.32. The van der Waals surface area contributed by atoms with Gasteiger partial charge in [-0.25, -0.2) is 0 Å². The maximum absolute atomic E-state index is 13.8. The predicted molar refractivity (Wildman–Crippen MR) is 149 cm³/mol. The second-order valence-electron chi connectivity index (χ2n) is 8.90. The van der Waals surface area contributed by atoms with Crippen molar-refractivity contribution in [3.8, 4) is 5.75 Å². The van der Waals surface area contributed by atoms with Crippen LogP contribution < -0.4 is 4.74 Å². The van der Waals surface area contributed by atoms with E-state index in [0.29, 0.717) is 28.1 Å². The van der Waals surface area contributed by atoms with E-state index in [0.717, 1.165) is 48.8 Å².